The third-order valence-corrected chi connectivity index (χ3v) is 11.1. The topological polar surface area (TPSA) is 161 Å². The number of nitrogens with zero attached hydrogens (tertiary/aromatic N) is 6. The molecule has 2 fully saturated rings. The van der Waals surface area contributed by atoms with Gasteiger partial charge in [0, 0.05) is 74.2 Å². The number of fused-ring (bicyclic) bond motifs is 3. The summed E-state index contributed by atoms with van der Waals surface area (Å²) in [6, 6.07) is 7.97. The maximum atomic E-state index is 13.9. The van der Waals surface area contributed by atoms with Gasteiger partial charge in [0.1, 0.15) is 11.5 Å². The smallest absolute Gasteiger partial charge is 0.293 e. The van der Waals surface area contributed by atoms with Crippen LogP contribution in [0.5, 0.6) is 0 Å². The number of carbonyl (C=O) groups is 2. The SMILES string of the molecule is C=CC(=O)Nc1cc(Nc2nc(-c3ccnc(N4CCc5c([nH]c6c5CCCC6)C4=O)c3CO)cn(C)c2=O)ccc1N1CCN(C2COC2)CC1C. The zero-order valence-corrected chi connectivity index (χ0v) is 30.2. The number of aryl methyl sites for hydroxylation is 2. The van der Waals surface area contributed by atoms with Gasteiger partial charge in [-0.3, -0.25) is 24.2 Å². The van der Waals surface area contributed by atoms with Gasteiger partial charge in [-0.25, -0.2) is 9.97 Å². The highest BCUT2D eigenvalue weighted by Gasteiger charge is 2.35. The highest BCUT2D eigenvalue weighted by molar-refractivity contribution is 6.07. The molecule has 0 bridgehead atoms. The van der Waals surface area contributed by atoms with Crippen molar-refractivity contribution in [1.82, 2.24) is 24.4 Å². The highest BCUT2D eigenvalue weighted by Crippen LogP contribution is 2.36. The molecule has 2 amide bonds. The summed E-state index contributed by atoms with van der Waals surface area (Å²) in [5.74, 6) is -0.0848. The number of piperazine rings is 1. The zero-order valence-electron chi connectivity index (χ0n) is 30.2. The van der Waals surface area contributed by atoms with Crippen LogP contribution in [-0.2, 0) is 42.4 Å². The molecule has 1 aliphatic carbocycles. The van der Waals surface area contributed by atoms with Crippen LogP contribution in [0.1, 0.15) is 52.6 Å². The number of pyridine rings is 1. The van der Waals surface area contributed by atoms with Gasteiger partial charge in [-0.05, 0) is 80.5 Å². The molecule has 8 rings (SSSR count). The molecule has 4 N–H and O–H groups in total. The molecular weight excluding hydrogens is 674 g/mol. The van der Waals surface area contributed by atoms with Crippen molar-refractivity contribution < 1.29 is 19.4 Å². The van der Waals surface area contributed by atoms with Crippen LogP contribution in [0.4, 0.5) is 28.7 Å². The van der Waals surface area contributed by atoms with Crippen molar-refractivity contribution >= 4 is 40.5 Å². The van der Waals surface area contributed by atoms with Gasteiger partial charge in [0.25, 0.3) is 11.5 Å². The van der Waals surface area contributed by atoms with E-state index in [1.165, 1.54) is 16.2 Å². The number of aliphatic hydroxyl groups excluding tert-OH is 1. The Morgan fingerprint density at radius 1 is 1.11 bits per heavy atom. The predicted molar refractivity (Wildman–Crippen MR) is 203 cm³/mol. The first-order valence-corrected chi connectivity index (χ1v) is 18.4. The average Bonchev–Trinajstić information content (AvgIpc) is 3.53. The van der Waals surface area contributed by atoms with Crippen molar-refractivity contribution in [2.45, 2.75) is 57.7 Å². The van der Waals surface area contributed by atoms with Crippen LogP contribution in [0.25, 0.3) is 11.3 Å². The van der Waals surface area contributed by atoms with E-state index < -0.39 is 6.61 Å². The third kappa shape index (κ3) is 6.40. The normalized spacial score (nSPS) is 19.0. The minimum atomic E-state index is -0.390. The molecule has 0 saturated carbocycles. The number of rotatable bonds is 9. The lowest BCUT2D eigenvalue weighted by Gasteiger charge is -2.46. The maximum absolute atomic E-state index is 13.9. The summed E-state index contributed by atoms with van der Waals surface area (Å²) in [5, 5.41) is 16.9. The third-order valence-electron chi connectivity index (χ3n) is 11.1. The van der Waals surface area contributed by atoms with Crippen LogP contribution in [0.2, 0.25) is 0 Å². The number of carbonyl (C=O) groups excluding carboxylic acids is 2. The van der Waals surface area contributed by atoms with E-state index in [2.05, 4.69) is 43.9 Å². The number of amides is 2. The Bertz CT molecular complexity index is 2160. The van der Waals surface area contributed by atoms with Crippen LogP contribution in [0.15, 0.2) is 54.1 Å². The molecule has 4 aliphatic rings. The summed E-state index contributed by atoms with van der Waals surface area (Å²) in [5.41, 5.74) is 7.21. The fourth-order valence-electron chi connectivity index (χ4n) is 8.20. The van der Waals surface area contributed by atoms with Crippen LogP contribution >= 0.6 is 0 Å². The monoisotopic (exact) mass is 719 g/mol. The summed E-state index contributed by atoms with van der Waals surface area (Å²) in [6.07, 6.45) is 9.31. The van der Waals surface area contributed by atoms with E-state index in [4.69, 9.17) is 9.72 Å². The molecule has 0 spiro atoms. The lowest BCUT2D eigenvalue weighted by molar-refractivity contribution is -0.111. The molecule has 14 nitrogen and oxygen atoms in total. The van der Waals surface area contributed by atoms with Gasteiger partial charge < -0.3 is 34.9 Å². The number of H-pyrrole nitrogens is 1. The number of aromatic amines is 1. The van der Waals surface area contributed by atoms with Crippen molar-refractivity contribution in [3.8, 4) is 11.3 Å². The van der Waals surface area contributed by atoms with Gasteiger partial charge in [-0.15, -0.1) is 0 Å². The Morgan fingerprint density at radius 3 is 2.70 bits per heavy atom. The molecule has 1 unspecified atom stereocenters. The average molecular weight is 720 g/mol. The predicted octanol–water partition coefficient (Wildman–Crippen LogP) is 3.52. The number of nitrogens with one attached hydrogen (secondary N) is 3. The molecule has 53 heavy (non-hydrogen) atoms. The molecule has 0 radical (unpaired) electrons. The number of anilines is 5. The molecule has 1 atom stereocenters. The van der Waals surface area contributed by atoms with Gasteiger partial charge in [0.05, 0.1) is 42.9 Å². The summed E-state index contributed by atoms with van der Waals surface area (Å²) >= 11 is 0. The molecule has 4 aromatic rings. The van der Waals surface area contributed by atoms with Crippen LogP contribution in [0.3, 0.4) is 0 Å². The van der Waals surface area contributed by atoms with Crippen molar-refractivity contribution in [3.63, 3.8) is 0 Å². The van der Waals surface area contributed by atoms with Crippen molar-refractivity contribution in [3.05, 3.63) is 87.7 Å². The lowest BCUT2D eigenvalue weighted by atomic mass is 9.92. The second-order valence-corrected chi connectivity index (χ2v) is 14.3. The first kappa shape index (κ1) is 34.8. The lowest BCUT2D eigenvalue weighted by Crippen LogP contribution is -2.59. The quantitative estimate of drug-likeness (QED) is 0.189. The van der Waals surface area contributed by atoms with Gasteiger partial charge >= 0.3 is 0 Å². The van der Waals surface area contributed by atoms with E-state index in [0.29, 0.717) is 58.7 Å². The molecule has 3 aliphatic heterocycles. The molecular formula is C39H45N9O5. The number of aromatic nitrogens is 4. The summed E-state index contributed by atoms with van der Waals surface area (Å²) < 4.78 is 6.84. The fourth-order valence-corrected chi connectivity index (χ4v) is 8.20. The van der Waals surface area contributed by atoms with E-state index in [0.717, 1.165) is 75.5 Å². The number of benzene rings is 1. The van der Waals surface area contributed by atoms with E-state index in [1.54, 1.807) is 36.5 Å². The summed E-state index contributed by atoms with van der Waals surface area (Å²) in [6.45, 7) is 9.92. The van der Waals surface area contributed by atoms with Crippen molar-refractivity contribution in [2.24, 2.45) is 7.05 Å². The molecule has 3 aromatic heterocycles. The van der Waals surface area contributed by atoms with Gasteiger partial charge in [0.2, 0.25) is 5.91 Å². The second-order valence-electron chi connectivity index (χ2n) is 14.3. The largest absolute Gasteiger partial charge is 0.392 e. The molecule has 276 valence electrons. The van der Waals surface area contributed by atoms with Crippen LogP contribution in [0, 0.1) is 0 Å². The number of hydrogen-bond acceptors (Lipinski definition) is 10. The van der Waals surface area contributed by atoms with Crippen LogP contribution < -0.4 is 26.0 Å². The zero-order chi connectivity index (χ0) is 36.8. The van der Waals surface area contributed by atoms with E-state index in [1.807, 2.05) is 12.1 Å². The van der Waals surface area contributed by atoms with Gasteiger partial charge in [-0.1, -0.05) is 6.58 Å². The minimum Gasteiger partial charge on any atom is -0.392 e. The summed E-state index contributed by atoms with van der Waals surface area (Å²) in [7, 11) is 1.64. The first-order valence-electron chi connectivity index (χ1n) is 18.4. The summed E-state index contributed by atoms with van der Waals surface area (Å²) in [4.78, 5) is 59.0. The van der Waals surface area contributed by atoms with Crippen LogP contribution in [-0.4, -0.2) is 92.8 Å². The number of ether oxygens (including phenoxy) is 1. The Morgan fingerprint density at radius 2 is 1.94 bits per heavy atom. The van der Waals surface area contributed by atoms with E-state index in [9.17, 15) is 19.5 Å². The Labute approximate surface area is 307 Å². The first-order chi connectivity index (χ1) is 25.7. The minimum absolute atomic E-state index is 0.0568. The Hall–Kier alpha value is -5.31. The van der Waals surface area contributed by atoms with Gasteiger partial charge in [0.15, 0.2) is 5.82 Å². The van der Waals surface area contributed by atoms with E-state index in [-0.39, 0.29) is 29.2 Å². The Balaban J connectivity index is 1.09. The maximum Gasteiger partial charge on any atom is 0.293 e. The van der Waals surface area contributed by atoms with Gasteiger partial charge in [-0.2, -0.15) is 0 Å². The number of hydrogen-bond donors (Lipinski definition) is 4. The second kappa shape index (κ2) is 14.3. The molecule has 6 heterocycles. The standard InChI is InChI=1S/C39H45N9O5/c1-4-34(50)42-31-17-24(9-10-33(31)47-16-15-46(18-23(47)2)25-21-53-22-25)41-36-39(52)45(3)19-32(44-36)27-11-13-40-37(29(27)20-49)48-14-12-28-26-7-5-6-8-30(26)43-35(28)38(48)51/h4,9-11,13,17,19,23,25,43,49H,1,5-8,12,14-16,18,20-22H2,2-3H3,(H,41,44)(H,42,50). The molecule has 14 heteroatoms. The Kier molecular flexibility index (Phi) is 9.35. The molecule has 2 saturated heterocycles. The van der Waals surface area contributed by atoms with E-state index >= 15 is 0 Å². The van der Waals surface area contributed by atoms with Crippen molar-refractivity contribution in [1.29, 1.82) is 0 Å². The number of aliphatic hydroxyl groups is 1. The molecule has 1 aromatic carbocycles. The fraction of sp³-hybridized carbons (Fsp3) is 0.410. The highest BCUT2D eigenvalue weighted by atomic mass is 16.5. The van der Waals surface area contributed by atoms with Crippen molar-refractivity contribution in [2.75, 3.05) is 59.8 Å².